The van der Waals surface area contributed by atoms with Crippen molar-refractivity contribution in [2.75, 3.05) is 36.0 Å². The van der Waals surface area contributed by atoms with Crippen molar-refractivity contribution in [2.45, 2.75) is 57.8 Å². The molecule has 2 heterocycles. The molecule has 2 aliphatic heterocycles. The Balaban J connectivity index is 1.20. The molecule has 0 bridgehead atoms. The number of benzene rings is 9. The van der Waals surface area contributed by atoms with Crippen molar-refractivity contribution in [1.82, 2.24) is 0 Å². The Kier molecular flexibility index (Phi) is 7.34. The Morgan fingerprint density at radius 1 is 0.386 bits per heavy atom. The highest BCUT2D eigenvalue weighted by Gasteiger charge is 2.35. The SMILES string of the molecule is CC1(C)c2ccccc2-c2ccc(-c3c4cc(N5CCCCC5)ccc4c(-c4ccc5ccc6cccc7ccc4c5c67)c4cc(N5CCCCC5)ccc34)cc21. The summed E-state index contributed by atoms with van der Waals surface area (Å²) in [6.07, 6.45) is 7.69. The van der Waals surface area contributed by atoms with E-state index in [0.717, 1.165) is 26.2 Å². The number of anilines is 2. The van der Waals surface area contributed by atoms with E-state index < -0.39 is 0 Å². The van der Waals surface area contributed by atoms with E-state index in [9.17, 15) is 0 Å². The van der Waals surface area contributed by atoms with Crippen LogP contribution < -0.4 is 9.80 Å². The van der Waals surface area contributed by atoms with Crippen molar-refractivity contribution in [1.29, 1.82) is 0 Å². The van der Waals surface area contributed by atoms with Crippen LogP contribution in [-0.4, -0.2) is 26.2 Å². The normalized spacial score (nSPS) is 16.7. The second kappa shape index (κ2) is 12.6. The molecule has 0 atom stereocenters. The summed E-state index contributed by atoms with van der Waals surface area (Å²) in [5, 5.41) is 13.4. The summed E-state index contributed by atoms with van der Waals surface area (Å²) in [7, 11) is 0. The first-order chi connectivity index (χ1) is 28.0. The zero-order valence-corrected chi connectivity index (χ0v) is 33.2. The summed E-state index contributed by atoms with van der Waals surface area (Å²) in [6.45, 7) is 9.32. The average Bonchev–Trinajstić information content (AvgIpc) is 3.50. The van der Waals surface area contributed by atoms with Crippen molar-refractivity contribution in [2.24, 2.45) is 0 Å². The van der Waals surface area contributed by atoms with Gasteiger partial charge in [0.05, 0.1) is 0 Å². The van der Waals surface area contributed by atoms with E-state index in [-0.39, 0.29) is 5.41 Å². The Morgan fingerprint density at radius 2 is 0.930 bits per heavy atom. The topological polar surface area (TPSA) is 6.48 Å². The summed E-state index contributed by atoms with van der Waals surface area (Å²) in [4.78, 5) is 5.27. The van der Waals surface area contributed by atoms with Crippen LogP contribution in [0.4, 0.5) is 11.4 Å². The zero-order valence-electron chi connectivity index (χ0n) is 33.2. The smallest absolute Gasteiger partial charge is 0.0372 e. The van der Waals surface area contributed by atoms with Gasteiger partial charge in [0.1, 0.15) is 0 Å². The number of hydrogen-bond donors (Lipinski definition) is 0. The van der Waals surface area contributed by atoms with Gasteiger partial charge >= 0.3 is 0 Å². The van der Waals surface area contributed by atoms with E-state index in [0.29, 0.717) is 0 Å². The molecule has 0 unspecified atom stereocenters. The maximum absolute atomic E-state index is 2.63. The first-order valence-corrected chi connectivity index (χ1v) is 21.5. The minimum Gasteiger partial charge on any atom is -0.372 e. The molecule has 2 heteroatoms. The fourth-order valence-electron chi connectivity index (χ4n) is 11.3. The van der Waals surface area contributed by atoms with Crippen LogP contribution in [0.2, 0.25) is 0 Å². The van der Waals surface area contributed by atoms with Crippen molar-refractivity contribution in [3.8, 4) is 33.4 Å². The van der Waals surface area contributed by atoms with Gasteiger partial charge in [-0.05, 0) is 167 Å². The van der Waals surface area contributed by atoms with Crippen molar-refractivity contribution in [3.05, 3.63) is 145 Å². The summed E-state index contributed by atoms with van der Waals surface area (Å²) >= 11 is 0. The van der Waals surface area contributed by atoms with Crippen molar-refractivity contribution >= 4 is 65.2 Å². The Hall–Kier alpha value is -5.86. The molecule has 9 aromatic rings. The third kappa shape index (κ3) is 4.95. The molecule has 0 N–H and O–H groups in total. The molecule has 2 saturated heterocycles. The van der Waals surface area contributed by atoms with Crippen LogP contribution in [0.1, 0.15) is 63.5 Å². The Morgan fingerprint density at radius 3 is 1.63 bits per heavy atom. The highest BCUT2D eigenvalue weighted by Crippen LogP contribution is 2.53. The highest BCUT2D eigenvalue weighted by atomic mass is 15.1. The maximum atomic E-state index is 2.63. The first-order valence-electron chi connectivity index (χ1n) is 21.5. The molecular formula is C55H48N2. The van der Waals surface area contributed by atoms with Gasteiger partial charge in [0.15, 0.2) is 0 Å². The molecule has 0 amide bonds. The second-order valence-electron chi connectivity index (χ2n) is 17.7. The van der Waals surface area contributed by atoms with Crippen LogP contribution in [0.15, 0.2) is 133 Å². The molecule has 12 rings (SSSR count). The lowest BCUT2D eigenvalue weighted by atomic mass is 9.80. The molecule has 2 fully saturated rings. The lowest BCUT2D eigenvalue weighted by Gasteiger charge is -2.31. The first kappa shape index (κ1) is 33.3. The summed E-state index contributed by atoms with van der Waals surface area (Å²) in [5.74, 6) is 0. The van der Waals surface area contributed by atoms with Gasteiger partial charge in [0.25, 0.3) is 0 Å². The number of hydrogen-bond acceptors (Lipinski definition) is 2. The van der Waals surface area contributed by atoms with E-state index in [1.165, 1.54) is 148 Å². The molecule has 3 aliphatic rings. The quantitative estimate of drug-likeness (QED) is 0.131. The highest BCUT2D eigenvalue weighted by molar-refractivity contribution is 6.29. The van der Waals surface area contributed by atoms with Gasteiger partial charge in [-0.2, -0.15) is 0 Å². The standard InChI is InChI=1S/C55H48N2/c1-55(2)49-15-6-5-14-41(49)42-23-20-38(32-50(42)55)52-45-26-21-40(57-30-9-4-10-31-57)34-48(45)54(46-27-22-39(33-47(46)52)56-28-7-3-8-29-56)44-25-19-37-17-16-35-12-11-13-36-18-24-43(44)53(37)51(35)36/h5-6,11-27,32-34H,3-4,7-10,28-31H2,1-2H3. The molecule has 57 heavy (non-hydrogen) atoms. The largest absolute Gasteiger partial charge is 0.372 e. The van der Waals surface area contributed by atoms with Gasteiger partial charge in [-0.15, -0.1) is 0 Å². The predicted molar refractivity (Wildman–Crippen MR) is 246 cm³/mol. The molecule has 0 radical (unpaired) electrons. The van der Waals surface area contributed by atoms with Crippen molar-refractivity contribution < 1.29 is 0 Å². The van der Waals surface area contributed by atoms with Gasteiger partial charge in [0, 0.05) is 43.0 Å². The average molecular weight is 737 g/mol. The van der Waals surface area contributed by atoms with E-state index >= 15 is 0 Å². The number of fused-ring (bicyclic) bond motifs is 5. The molecule has 0 spiro atoms. The molecular weight excluding hydrogens is 689 g/mol. The van der Waals surface area contributed by atoms with Crippen LogP contribution in [0.5, 0.6) is 0 Å². The van der Waals surface area contributed by atoms with E-state index in [2.05, 4.69) is 157 Å². The second-order valence-corrected chi connectivity index (χ2v) is 17.7. The van der Waals surface area contributed by atoms with Gasteiger partial charge in [-0.3, -0.25) is 0 Å². The molecule has 2 nitrogen and oxygen atoms in total. The molecule has 0 aromatic heterocycles. The number of rotatable bonds is 4. The van der Waals surface area contributed by atoms with Crippen LogP contribution in [0.3, 0.4) is 0 Å². The fraction of sp³-hybridized carbons (Fsp3) is 0.236. The minimum atomic E-state index is -0.0738. The Bertz CT molecular complexity index is 3050. The van der Waals surface area contributed by atoms with Crippen LogP contribution in [-0.2, 0) is 5.41 Å². The zero-order chi connectivity index (χ0) is 37.8. The third-order valence-electron chi connectivity index (χ3n) is 14.2. The molecule has 1 aliphatic carbocycles. The van der Waals surface area contributed by atoms with E-state index in [1.807, 2.05) is 0 Å². The van der Waals surface area contributed by atoms with Gasteiger partial charge in [-0.1, -0.05) is 117 Å². The Labute approximate surface area is 335 Å². The van der Waals surface area contributed by atoms with Gasteiger partial charge in [0.2, 0.25) is 0 Å². The van der Waals surface area contributed by atoms with Gasteiger partial charge < -0.3 is 9.80 Å². The van der Waals surface area contributed by atoms with Crippen LogP contribution >= 0.6 is 0 Å². The van der Waals surface area contributed by atoms with Crippen molar-refractivity contribution in [3.63, 3.8) is 0 Å². The lowest BCUT2D eigenvalue weighted by Crippen LogP contribution is -2.29. The minimum absolute atomic E-state index is 0.0738. The summed E-state index contributed by atoms with van der Waals surface area (Å²) in [6, 6.07) is 52.3. The van der Waals surface area contributed by atoms with Crippen LogP contribution in [0.25, 0.3) is 87.2 Å². The van der Waals surface area contributed by atoms with E-state index in [1.54, 1.807) is 0 Å². The predicted octanol–water partition coefficient (Wildman–Crippen LogP) is 14.5. The number of piperidine rings is 2. The van der Waals surface area contributed by atoms with Gasteiger partial charge in [-0.25, -0.2) is 0 Å². The number of nitrogens with zero attached hydrogens (tertiary/aromatic N) is 2. The van der Waals surface area contributed by atoms with Crippen LogP contribution in [0, 0.1) is 0 Å². The monoisotopic (exact) mass is 736 g/mol. The summed E-state index contributed by atoms with van der Waals surface area (Å²) < 4.78 is 0. The lowest BCUT2D eigenvalue weighted by molar-refractivity contribution is 0.578. The maximum Gasteiger partial charge on any atom is 0.0372 e. The molecule has 0 saturated carbocycles. The summed E-state index contributed by atoms with van der Waals surface area (Å²) in [5.41, 5.74) is 13.6. The molecule has 278 valence electrons. The fourth-order valence-corrected chi connectivity index (χ4v) is 11.3. The third-order valence-corrected chi connectivity index (χ3v) is 14.2. The van der Waals surface area contributed by atoms with E-state index in [4.69, 9.17) is 0 Å². The molecule has 9 aromatic carbocycles.